The molecule has 0 amide bonds. The molecule has 0 aliphatic rings. The predicted molar refractivity (Wildman–Crippen MR) is 50.4 cm³/mol. The first-order chi connectivity index (χ1) is 5.35. The van der Waals surface area contributed by atoms with Gasteiger partial charge < -0.3 is 5.32 Å². The van der Waals surface area contributed by atoms with Crippen molar-refractivity contribution in [3.05, 3.63) is 0 Å². The standard InChI is InChI=1S/C10H19N/c1-4-7-10(8-5-2)11-9-6-3/h1,10-11H,5-9H2,2-3H3. The van der Waals surface area contributed by atoms with Crippen molar-refractivity contribution in [2.75, 3.05) is 6.54 Å². The summed E-state index contributed by atoms with van der Waals surface area (Å²) in [5, 5.41) is 3.43. The van der Waals surface area contributed by atoms with E-state index in [1.54, 1.807) is 0 Å². The van der Waals surface area contributed by atoms with Crippen molar-refractivity contribution in [1.82, 2.24) is 5.32 Å². The fourth-order valence-corrected chi connectivity index (χ4v) is 1.12. The van der Waals surface area contributed by atoms with Gasteiger partial charge in [0.2, 0.25) is 0 Å². The van der Waals surface area contributed by atoms with Crippen molar-refractivity contribution in [3.8, 4) is 12.3 Å². The molecule has 64 valence electrons. The van der Waals surface area contributed by atoms with Gasteiger partial charge in [-0.25, -0.2) is 0 Å². The van der Waals surface area contributed by atoms with Gasteiger partial charge in [0.1, 0.15) is 0 Å². The minimum Gasteiger partial charge on any atom is -0.313 e. The second-order valence-electron chi connectivity index (χ2n) is 2.85. The number of hydrogen-bond donors (Lipinski definition) is 1. The third-order valence-corrected chi connectivity index (χ3v) is 1.68. The first-order valence-corrected chi connectivity index (χ1v) is 4.52. The van der Waals surface area contributed by atoms with Crippen molar-refractivity contribution in [1.29, 1.82) is 0 Å². The molecule has 0 radical (unpaired) electrons. The van der Waals surface area contributed by atoms with E-state index in [1.165, 1.54) is 19.3 Å². The lowest BCUT2D eigenvalue weighted by Crippen LogP contribution is -2.29. The van der Waals surface area contributed by atoms with Gasteiger partial charge in [-0.1, -0.05) is 20.3 Å². The van der Waals surface area contributed by atoms with Gasteiger partial charge in [-0.2, -0.15) is 0 Å². The lowest BCUT2D eigenvalue weighted by atomic mass is 10.1. The summed E-state index contributed by atoms with van der Waals surface area (Å²) >= 11 is 0. The third-order valence-electron chi connectivity index (χ3n) is 1.68. The van der Waals surface area contributed by atoms with Gasteiger partial charge in [-0.3, -0.25) is 0 Å². The Hall–Kier alpha value is -0.480. The molecule has 0 saturated heterocycles. The predicted octanol–water partition coefficient (Wildman–Crippen LogP) is 2.18. The van der Waals surface area contributed by atoms with Crippen LogP contribution in [-0.2, 0) is 0 Å². The van der Waals surface area contributed by atoms with Gasteiger partial charge in [0, 0.05) is 12.5 Å². The van der Waals surface area contributed by atoms with Crippen LogP contribution in [0.2, 0.25) is 0 Å². The van der Waals surface area contributed by atoms with Crippen molar-refractivity contribution in [2.45, 2.75) is 45.6 Å². The topological polar surface area (TPSA) is 12.0 Å². The van der Waals surface area contributed by atoms with Gasteiger partial charge >= 0.3 is 0 Å². The largest absolute Gasteiger partial charge is 0.313 e. The molecule has 0 rings (SSSR count). The fourth-order valence-electron chi connectivity index (χ4n) is 1.12. The third kappa shape index (κ3) is 5.94. The molecule has 1 heteroatoms. The lowest BCUT2D eigenvalue weighted by molar-refractivity contribution is 0.484. The molecule has 0 saturated carbocycles. The Morgan fingerprint density at radius 1 is 1.36 bits per heavy atom. The van der Waals surface area contributed by atoms with E-state index in [4.69, 9.17) is 6.42 Å². The van der Waals surface area contributed by atoms with Crippen LogP contribution < -0.4 is 5.32 Å². The first-order valence-electron chi connectivity index (χ1n) is 4.52. The van der Waals surface area contributed by atoms with Crippen LogP contribution in [0.3, 0.4) is 0 Å². The molecule has 0 aromatic heterocycles. The van der Waals surface area contributed by atoms with Crippen LogP contribution in [0, 0.1) is 12.3 Å². The molecule has 1 unspecified atom stereocenters. The van der Waals surface area contributed by atoms with Gasteiger partial charge in [0.25, 0.3) is 0 Å². The minimum atomic E-state index is 0.546. The summed E-state index contributed by atoms with van der Waals surface area (Å²) in [5.74, 6) is 2.70. The molecule has 1 nitrogen and oxygen atoms in total. The highest BCUT2D eigenvalue weighted by Crippen LogP contribution is 2.00. The molecule has 0 aromatic rings. The summed E-state index contributed by atoms with van der Waals surface area (Å²) in [7, 11) is 0. The number of rotatable bonds is 6. The van der Waals surface area contributed by atoms with E-state index in [2.05, 4.69) is 25.1 Å². The summed E-state index contributed by atoms with van der Waals surface area (Å²) in [4.78, 5) is 0. The SMILES string of the molecule is C#CCC(CCC)NCCC. The van der Waals surface area contributed by atoms with Crippen LogP contribution in [-0.4, -0.2) is 12.6 Å². The quantitative estimate of drug-likeness (QED) is 0.577. The second kappa shape index (κ2) is 7.63. The molecule has 0 aliphatic heterocycles. The van der Waals surface area contributed by atoms with Crippen molar-refractivity contribution >= 4 is 0 Å². The Kier molecular flexibility index (Phi) is 7.29. The molecule has 11 heavy (non-hydrogen) atoms. The maximum atomic E-state index is 5.24. The van der Waals surface area contributed by atoms with Gasteiger partial charge in [-0.15, -0.1) is 12.3 Å². The second-order valence-corrected chi connectivity index (χ2v) is 2.85. The Morgan fingerprint density at radius 2 is 2.09 bits per heavy atom. The van der Waals surface area contributed by atoms with Crippen LogP contribution in [0.15, 0.2) is 0 Å². The van der Waals surface area contributed by atoms with Crippen molar-refractivity contribution < 1.29 is 0 Å². The van der Waals surface area contributed by atoms with Gasteiger partial charge in [0.05, 0.1) is 0 Å². The van der Waals surface area contributed by atoms with E-state index in [0.29, 0.717) is 6.04 Å². The Bertz CT molecular complexity index is 113. The summed E-state index contributed by atoms with van der Waals surface area (Å²) in [6.45, 7) is 5.45. The summed E-state index contributed by atoms with van der Waals surface area (Å²) in [5.41, 5.74) is 0. The minimum absolute atomic E-state index is 0.546. The zero-order valence-corrected chi connectivity index (χ0v) is 7.69. The molecule has 0 aliphatic carbocycles. The van der Waals surface area contributed by atoms with E-state index < -0.39 is 0 Å². The summed E-state index contributed by atoms with van der Waals surface area (Å²) in [6, 6.07) is 0.546. The molecule has 0 heterocycles. The van der Waals surface area contributed by atoms with Crippen LogP contribution in [0.25, 0.3) is 0 Å². The Balaban J connectivity index is 3.44. The monoisotopic (exact) mass is 153 g/mol. The zero-order chi connectivity index (χ0) is 8.53. The fraction of sp³-hybridized carbons (Fsp3) is 0.800. The average Bonchev–Trinajstić information content (AvgIpc) is 2.01. The Labute approximate surface area is 70.6 Å². The molecule has 1 atom stereocenters. The number of nitrogens with one attached hydrogen (secondary N) is 1. The van der Waals surface area contributed by atoms with E-state index in [-0.39, 0.29) is 0 Å². The van der Waals surface area contributed by atoms with Crippen molar-refractivity contribution in [3.63, 3.8) is 0 Å². The highest BCUT2D eigenvalue weighted by atomic mass is 14.9. The molecular formula is C10H19N. The van der Waals surface area contributed by atoms with Gasteiger partial charge in [0.15, 0.2) is 0 Å². The number of hydrogen-bond acceptors (Lipinski definition) is 1. The number of terminal acetylenes is 1. The first kappa shape index (κ1) is 10.5. The zero-order valence-electron chi connectivity index (χ0n) is 7.69. The van der Waals surface area contributed by atoms with E-state index >= 15 is 0 Å². The molecule has 0 fully saturated rings. The maximum Gasteiger partial charge on any atom is 0.0240 e. The van der Waals surface area contributed by atoms with E-state index in [9.17, 15) is 0 Å². The maximum absolute atomic E-state index is 5.24. The molecule has 0 spiro atoms. The van der Waals surface area contributed by atoms with Crippen LogP contribution in [0.5, 0.6) is 0 Å². The van der Waals surface area contributed by atoms with E-state index in [0.717, 1.165) is 13.0 Å². The molecule has 0 aromatic carbocycles. The molecular weight excluding hydrogens is 134 g/mol. The summed E-state index contributed by atoms with van der Waals surface area (Å²) < 4.78 is 0. The van der Waals surface area contributed by atoms with Crippen LogP contribution in [0.1, 0.15) is 39.5 Å². The summed E-state index contributed by atoms with van der Waals surface area (Å²) in [6.07, 6.45) is 9.71. The lowest BCUT2D eigenvalue weighted by Gasteiger charge is -2.14. The van der Waals surface area contributed by atoms with Crippen LogP contribution in [0.4, 0.5) is 0 Å². The van der Waals surface area contributed by atoms with Crippen molar-refractivity contribution in [2.24, 2.45) is 0 Å². The van der Waals surface area contributed by atoms with Crippen LogP contribution >= 0.6 is 0 Å². The normalized spacial score (nSPS) is 12.5. The highest BCUT2D eigenvalue weighted by Gasteiger charge is 2.02. The average molecular weight is 153 g/mol. The Morgan fingerprint density at radius 3 is 2.55 bits per heavy atom. The van der Waals surface area contributed by atoms with Gasteiger partial charge in [-0.05, 0) is 19.4 Å². The molecule has 0 bridgehead atoms. The smallest absolute Gasteiger partial charge is 0.0240 e. The molecule has 1 N–H and O–H groups in total. The highest BCUT2D eigenvalue weighted by molar-refractivity contribution is 4.89. The van der Waals surface area contributed by atoms with E-state index in [1.807, 2.05) is 0 Å².